The number of halogens is 1. The summed E-state index contributed by atoms with van der Waals surface area (Å²) in [6.07, 6.45) is 7.61. The van der Waals surface area contributed by atoms with Crippen LogP contribution in [0.4, 0.5) is 4.39 Å². The first kappa shape index (κ1) is 20.1. The van der Waals surface area contributed by atoms with Crippen LogP contribution in [-0.4, -0.2) is 23.0 Å². The Morgan fingerprint density at radius 2 is 2.00 bits per heavy atom. The summed E-state index contributed by atoms with van der Waals surface area (Å²) >= 11 is 0. The Labute approximate surface area is 166 Å². The number of rotatable bonds is 8. The number of aromatic nitrogens is 2. The number of fused-ring (bicyclic) bond motifs is 1. The Kier molecular flexibility index (Phi) is 6.47. The van der Waals surface area contributed by atoms with Gasteiger partial charge in [-0.3, -0.25) is 0 Å². The first-order valence-corrected chi connectivity index (χ1v) is 9.82. The summed E-state index contributed by atoms with van der Waals surface area (Å²) in [6, 6.07) is 9.09. The predicted octanol–water partition coefficient (Wildman–Crippen LogP) is 4.48. The minimum Gasteiger partial charge on any atom is -0.392 e. The van der Waals surface area contributed by atoms with E-state index in [0.29, 0.717) is 6.54 Å². The molecule has 0 atom stereocenters. The molecule has 148 valence electrons. The summed E-state index contributed by atoms with van der Waals surface area (Å²) in [6.45, 7) is 4.82. The zero-order chi connectivity index (χ0) is 20.1. The fraction of sp³-hybridized carbons (Fsp3) is 0.348. The molecule has 3 aromatic rings. The summed E-state index contributed by atoms with van der Waals surface area (Å²) in [5.41, 5.74) is 13.4. The molecular formula is C23H29FN4. The molecule has 0 radical (unpaired) electrons. The summed E-state index contributed by atoms with van der Waals surface area (Å²) in [4.78, 5) is 4.43. The van der Waals surface area contributed by atoms with Gasteiger partial charge < -0.3 is 15.5 Å². The van der Waals surface area contributed by atoms with Crippen LogP contribution in [0.2, 0.25) is 0 Å². The molecule has 2 aromatic heterocycles. The van der Waals surface area contributed by atoms with Crippen molar-refractivity contribution in [2.24, 2.45) is 5.73 Å². The number of pyridine rings is 1. The van der Waals surface area contributed by atoms with Gasteiger partial charge in [-0.2, -0.15) is 0 Å². The number of aryl methyl sites for hydroxylation is 1. The van der Waals surface area contributed by atoms with Crippen LogP contribution in [0.15, 0.2) is 54.0 Å². The molecular weight excluding hydrogens is 351 g/mol. The van der Waals surface area contributed by atoms with Gasteiger partial charge in [0.15, 0.2) is 0 Å². The maximum Gasteiger partial charge on any atom is 0.136 e. The molecule has 0 fully saturated rings. The second-order valence-corrected chi connectivity index (χ2v) is 7.24. The van der Waals surface area contributed by atoms with Gasteiger partial charge in [0.2, 0.25) is 0 Å². The molecule has 0 aliphatic carbocycles. The van der Waals surface area contributed by atoms with Crippen LogP contribution in [-0.2, 0) is 12.8 Å². The van der Waals surface area contributed by atoms with E-state index in [1.807, 2.05) is 37.6 Å². The van der Waals surface area contributed by atoms with Crippen LogP contribution in [0.3, 0.4) is 0 Å². The van der Waals surface area contributed by atoms with E-state index in [1.54, 1.807) is 12.1 Å². The van der Waals surface area contributed by atoms with E-state index in [9.17, 15) is 4.39 Å². The van der Waals surface area contributed by atoms with Crippen LogP contribution in [0.1, 0.15) is 37.9 Å². The van der Waals surface area contributed by atoms with Crippen molar-refractivity contribution in [3.63, 3.8) is 0 Å². The van der Waals surface area contributed by atoms with E-state index in [-0.39, 0.29) is 5.82 Å². The molecule has 0 spiro atoms. The zero-order valence-corrected chi connectivity index (χ0v) is 16.9. The third-order valence-corrected chi connectivity index (χ3v) is 5.38. The number of allylic oxidation sites excluding steroid dienone is 2. The van der Waals surface area contributed by atoms with Crippen molar-refractivity contribution in [1.29, 1.82) is 0 Å². The third-order valence-electron chi connectivity index (χ3n) is 5.38. The van der Waals surface area contributed by atoms with E-state index >= 15 is 0 Å². The highest BCUT2D eigenvalue weighted by atomic mass is 19.1. The average molecular weight is 381 g/mol. The van der Waals surface area contributed by atoms with Crippen molar-refractivity contribution in [2.45, 2.75) is 39.5 Å². The van der Waals surface area contributed by atoms with Crippen molar-refractivity contribution in [3.05, 3.63) is 71.1 Å². The quantitative estimate of drug-likeness (QED) is 0.606. The smallest absolute Gasteiger partial charge is 0.136 e. The van der Waals surface area contributed by atoms with E-state index in [2.05, 4.69) is 28.5 Å². The van der Waals surface area contributed by atoms with Gasteiger partial charge in [0, 0.05) is 37.3 Å². The predicted molar refractivity (Wildman–Crippen MR) is 114 cm³/mol. The molecule has 3 rings (SSSR count). The maximum absolute atomic E-state index is 14.0. The summed E-state index contributed by atoms with van der Waals surface area (Å²) in [5.74, 6) is -0.214. The van der Waals surface area contributed by atoms with Gasteiger partial charge in [-0.25, -0.2) is 9.37 Å². The molecule has 0 aliphatic heterocycles. The molecule has 0 bridgehead atoms. The average Bonchev–Trinajstić information content (AvgIpc) is 3.10. The Balaban J connectivity index is 1.90. The highest BCUT2D eigenvalue weighted by Gasteiger charge is 2.10. The molecule has 1 aromatic carbocycles. The largest absolute Gasteiger partial charge is 0.392 e. The van der Waals surface area contributed by atoms with E-state index in [0.717, 1.165) is 53.7 Å². The van der Waals surface area contributed by atoms with Crippen molar-refractivity contribution in [3.8, 4) is 11.1 Å². The van der Waals surface area contributed by atoms with Gasteiger partial charge in [-0.1, -0.05) is 11.6 Å². The second kappa shape index (κ2) is 9.02. The molecule has 4 nitrogen and oxygen atoms in total. The molecule has 0 amide bonds. The van der Waals surface area contributed by atoms with Crippen molar-refractivity contribution in [2.75, 3.05) is 13.6 Å². The number of imidazole rings is 1. The lowest BCUT2D eigenvalue weighted by Gasteiger charge is -2.12. The van der Waals surface area contributed by atoms with Gasteiger partial charge in [0.1, 0.15) is 11.5 Å². The summed E-state index contributed by atoms with van der Waals surface area (Å²) in [5, 5.41) is 3.20. The summed E-state index contributed by atoms with van der Waals surface area (Å²) in [7, 11) is 1.95. The van der Waals surface area contributed by atoms with E-state index in [1.165, 1.54) is 11.3 Å². The third kappa shape index (κ3) is 4.42. The first-order valence-electron chi connectivity index (χ1n) is 9.82. The van der Waals surface area contributed by atoms with Crippen molar-refractivity contribution in [1.82, 2.24) is 14.7 Å². The first-order chi connectivity index (χ1) is 13.5. The molecule has 0 aliphatic rings. The Hall–Kier alpha value is -2.66. The Morgan fingerprint density at radius 3 is 2.75 bits per heavy atom. The lowest BCUT2D eigenvalue weighted by atomic mass is 9.96. The Bertz CT molecular complexity index is 987. The number of nitrogens with zero attached hydrogens (tertiary/aromatic N) is 2. The van der Waals surface area contributed by atoms with Gasteiger partial charge >= 0.3 is 0 Å². The number of benzene rings is 1. The van der Waals surface area contributed by atoms with Gasteiger partial charge in [0.05, 0.1) is 0 Å². The maximum atomic E-state index is 14.0. The van der Waals surface area contributed by atoms with E-state index in [4.69, 9.17) is 5.73 Å². The zero-order valence-electron chi connectivity index (χ0n) is 16.9. The molecule has 0 saturated heterocycles. The topological polar surface area (TPSA) is 55.3 Å². The number of hydrogen-bond donors (Lipinski definition) is 2. The van der Waals surface area contributed by atoms with Crippen LogP contribution in [0.5, 0.6) is 0 Å². The highest BCUT2D eigenvalue weighted by molar-refractivity contribution is 5.68. The SMILES string of the molecule is CN/C(C)=C(\C)CCCc1ccc(F)cc1-c1ccc2ncc(CCN)n2c1. The standard InChI is InChI=1S/C23H29FN4/c1-16(17(2)26-3)5-4-6-18-7-9-20(24)13-22(18)19-8-10-23-27-14-21(11-12-25)28(23)15-19/h7-10,13-15,26H,4-6,11-12,25H2,1-3H3/b17-16+. The second-order valence-electron chi connectivity index (χ2n) is 7.24. The van der Waals surface area contributed by atoms with Crippen LogP contribution in [0.25, 0.3) is 16.8 Å². The van der Waals surface area contributed by atoms with Crippen LogP contribution < -0.4 is 11.1 Å². The highest BCUT2D eigenvalue weighted by Crippen LogP contribution is 2.27. The number of nitrogens with one attached hydrogen (secondary N) is 1. The summed E-state index contributed by atoms with van der Waals surface area (Å²) < 4.78 is 16.1. The molecule has 0 saturated carbocycles. The minimum absolute atomic E-state index is 0.214. The fourth-order valence-electron chi connectivity index (χ4n) is 3.50. The molecule has 2 heterocycles. The number of nitrogens with two attached hydrogens (primary N) is 1. The van der Waals surface area contributed by atoms with Crippen molar-refractivity contribution < 1.29 is 4.39 Å². The fourth-order valence-corrected chi connectivity index (χ4v) is 3.50. The minimum atomic E-state index is -0.214. The molecule has 3 N–H and O–H groups in total. The van der Waals surface area contributed by atoms with Crippen molar-refractivity contribution >= 4 is 5.65 Å². The van der Waals surface area contributed by atoms with E-state index < -0.39 is 0 Å². The van der Waals surface area contributed by atoms with Gasteiger partial charge in [0.25, 0.3) is 0 Å². The van der Waals surface area contributed by atoms with Gasteiger partial charge in [-0.05, 0) is 80.6 Å². The normalized spacial score (nSPS) is 12.3. The van der Waals surface area contributed by atoms with Crippen LogP contribution in [0, 0.1) is 5.82 Å². The lowest BCUT2D eigenvalue weighted by Crippen LogP contribution is -2.05. The molecule has 0 unspecified atom stereocenters. The number of hydrogen-bond acceptors (Lipinski definition) is 3. The van der Waals surface area contributed by atoms with Crippen LogP contribution >= 0.6 is 0 Å². The molecule has 5 heteroatoms. The lowest BCUT2D eigenvalue weighted by molar-refractivity contribution is 0.627. The van der Waals surface area contributed by atoms with Gasteiger partial charge in [-0.15, -0.1) is 0 Å². The Morgan fingerprint density at radius 1 is 1.18 bits per heavy atom. The monoisotopic (exact) mass is 380 g/mol. The molecule has 28 heavy (non-hydrogen) atoms.